The van der Waals surface area contributed by atoms with Gasteiger partial charge >= 0.3 is 5.97 Å². The Morgan fingerprint density at radius 2 is 1.33 bits per heavy atom. The summed E-state index contributed by atoms with van der Waals surface area (Å²) in [6, 6.07) is 0. The van der Waals surface area contributed by atoms with Gasteiger partial charge in [0, 0.05) is 23.7 Å². The minimum Gasteiger partial charge on any atom is -0.460 e. The summed E-state index contributed by atoms with van der Waals surface area (Å²) in [4.78, 5) is 13.5. The van der Waals surface area contributed by atoms with Crippen LogP contribution in [-0.2, 0) is 38.0 Å². The number of aliphatic hydroxyl groups excluding tert-OH is 2. The molecule has 6 fully saturated rings. The van der Waals surface area contributed by atoms with Gasteiger partial charge in [-0.1, -0.05) is 27.7 Å². The molecule has 0 unspecified atom stereocenters. The Labute approximate surface area is 326 Å². The molecular formula is C42H70F2O11. The van der Waals surface area contributed by atoms with E-state index in [1.807, 2.05) is 0 Å². The molecule has 1 saturated heterocycles. The van der Waals surface area contributed by atoms with Crippen molar-refractivity contribution in [2.75, 3.05) is 72.7 Å². The van der Waals surface area contributed by atoms with Crippen LogP contribution in [0.3, 0.4) is 0 Å². The lowest BCUT2D eigenvalue weighted by atomic mass is 9.41. The Morgan fingerprint density at radius 3 is 1.89 bits per heavy atom. The first kappa shape index (κ1) is 43.5. The summed E-state index contributed by atoms with van der Waals surface area (Å²) in [6.07, 6.45) is 3.79. The van der Waals surface area contributed by atoms with Crippen LogP contribution >= 0.6 is 0 Å². The Kier molecular flexibility index (Phi) is 12.6. The number of hydrogen-bond donors (Lipinski definition) is 3. The normalized spacial score (nSPS) is 42.6. The van der Waals surface area contributed by atoms with Crippen LogP contribution in [0.5, 0.6) is 0 Å². The van der Waals surface area contributed by atoms with Crippen molar-refractivity contribution in [3.8, 4) is 0 Å². The number of carbonyl (C=O) groups is 1. The number of ether oxygens (including phenoxy) is 7. The van der Waals surface area contributed by atoms with Crippen LogP contribution in [0, 0.1) is 44.8 Å². The third-order valence-electron chi connectivity index (χ3n) is 16.1. The van der Waals surface area contributed by atoms with Gasteiger partial charge in [-0.05, 0) is 99.7 Å². The zero-order valence-corrected chi connectivity index (χ0v) is 34.5. The highest BCUT2D eigenvalue weighted by Crippen LogP contribution is 2.90. The third-order valence-corrected chi connectivity index (χ3v) is 16.1. The lowest BCUT2D eigenvalue weighted by Gasteiger charge is -2.65. The molecule has 13 heteroatoms. The highest BCUT2D eigenvalue weighted by Gasteiger charge is 2.86. The zero-order chi connectivity index (χ0) is 40.1. The Bertz CT molecular complexity index is 1340. The summed E-state index contributed by atoms with van der Waals surface area (Å²) in [5, 5.41) is 31.6. The number of esters is 1. The molecule has 318 valence electrons. The first-order valence-electron chi connectivity index (χ1n) is 20.9. The van der Waals surface area contributed by atoms with Crippen molar-refractivity contribution in [3.05, 3.63) is 0 Å². The number of alkyl halides is 2. The van der Waals surface area contributed by atoms with Crippen molar-refractivity contribution in [1.29, 1.82) is 0 Å². The van der Waals surface area contributed by atoms with Gasteiger partial charge in [-0.2, -0.15) is 0 Å². The number of hydrogen-bond acceptors (Lipinski definition) is 11. The van der Waals surface area contributed by atoms with Crippen molar-refractivity contribution in [2.24, 2.45) is 44.8 Å². The molecule has 6 rings (SSSR count). The van der Waals surface area contributed by atoms with E-state index in [9.17, 15) is 15.0 Å². The Balaban J connectivity index is 1.08. The van der Waals surface area contributed by atoms with E-state index >= 15 is 8.78 Å². The van der Waals surface area contributed by atoms with Gasteiger partial charge in [-0.15, -0.1) is 0 Å². The lowest BCUT2D eigenvalue weighted by Crippen LogP contribution is -2.64. The van der Waals surface area contributed by atoms with Crippen LogP contribution < -0.4 is 0 Å². The van der Waals surface area contributed by atoms with E-state index in [1.54, 1.807) is 27.7 Å². The van der Waals surface area contributed by atoms with Crippen LogP contribution in [0.15, 0.2) is 0 Å². The Morgan fingerprint density at radius 1 is 0.764 bits per heavy atom. The molecule has 1 aliphatic heterocycles. The summed E-state index contributed by atoms with van der Waals surface area (Å²) in [5.41, 5.74) is -4.09. The molecular weight excluding hydrogens is 718 g/mol. The average molecular weight is 789 g/mol. The van der Waals surface area contributed by atoms with Gasteiger partial charge in [0.15, 0.2) is 0 Å². The van der Waals surface area contributed by atoms with Crippen LogP contribution in [0.1, 0.15) is 106 Å². The molecule has 2 spiro atoms. The van der Waals surface area contributed by atoms with E-state index in [0.29, 0.717) is 65.5 Å². The van der Waals surface area contributed by atoms with Gasteiger partial charge in [-0.3, -0.25) is 0 Å². The third kappa shape index (κ3) is 7.55. The zero-order valence-electron chi connectivity index (χ0n) is 34.5. The summed E-state index contributed by atoms with van der Waals surface area (Å²) in [7, 11) is 0. The van der Waals surface area contributed by atoms with Crippen LogP contribution in [0.2, 0.25) is 0 Å². The number of rotatable bonds is 19. The molecule has 55 heavy (non-hydrogen) atoms. The standard InChI is InChI=1S/C42H70F2O11/c1-35(2)34-29(54-32(47)26-53-23-22-52-21-20-51-19-18-50-17-16-49-15-14-45)24-30-38(6)25-28(46)33(39(7)9-8-31(55-39)36(3,4)48)37(38,5)10-11-40(30)27-41(34,40)12-13-42(35,43)44/h28-31,33-34,45-46,48H,8-27H2,1-7H3/t28-,29-,30-,31-,33-,34-,37+,38-,39-,40-,41+/m0/s1. The second-order valence-corrected chi connectivity index (χ2v) is 19.6. The maximum atomic E-state index is 15.9. The lowest BCUT2D eigenvalue weighted by molar-refractivity contribution is -0.252. The van der Waals surface area contributed by atoms with Crippen molar-refractivity contribution < 1.29 is 62.1 Å². The van der Waals surface area contributed by atoms with Gasteiger partial charge in [0.2, 0.25) is 0 Å². The highest BCUT2D eigenvalue weighted by molar-refractivity contribution is 5.71. The molecule has 0 amide bonds. The predicted octanol–water partition coefficient (Wildman–Crippen LogP) is 5.34. The van der Waals surface area contributed by atoms with Crippen molar-refractivity contribution >= 4 is 5.97 Å². The molecule has 11 nitrogen and oxygen atoms in total. The molecule has 0 aromatic carbocycles. The van der Waals surface area contributed by atoms with E-state index < -0.39 is 46.6 Å². The second kappa shape index (κ2) is 15.9. The van der Waals surface area contributed by atoms with E-state index in [-0.39, 0.29) is 72.4 Å². The van der Waals surface area contributed by atoms with Crippen LogP contribution in [0.4, 0.5) is 8.78 Å². The van der Waals surface area contributed by atoms with Gasteiger partial charge in [0.05, 0.1) is 89.5 Å². The first-order chi connectivity index (χ1) is 25.7. The molecule has 0 aromatic rings. The fourth-order valence-electron chi connectivity index (χ4n) is 13.4. The molecule has 5 aliphatic carbocycles. The monoisotopic (exact) mass is 788 g/mol. The summed E-state index contributed by atoms with van der Waals surface area (Å²) < 4.78 is 72.0. The fraction of sp³-hybridized carbons (Fsp3) is 0.976. The van der Waals surface area contributed by atoms with Crippen LogP contribution in [-0.4, -0.2) is 129 Å². The number of aliphatic hydroxyl groups is 3. The topological polar surface area (TPSA) is 142 Å². The van der Waals surface area contributed by atoms with Crippen LogP contribution in [0.25, 0.3) is 0 Å². The fourth-order valence-corrected chi connectivity index (χ4v) is 13.4. The minimum absolute atomic E-state index is 0.0139. The van der Waals surface area contributed by atoms with Crippen molar-refractivity contribution in [2.45, 2.75) is 142 Å². The number of carbonyl (C=O) groups excluding carboxylic acids is 1. The molecule has 1 heterocycles. The van der Waals surface area contributed by atoms with Gasteiger partial charge in [0.1, 0.15) is 12.7 Å². The van der Waals surface area contributed by atoms with Crippen molar-refractivity contribution in [1.82, 2.24) is 0 Å². The molecule has 0 aromatic heterocycles. The summed E-state index contributed by atoms with van der Waals surface area (Å²) in [6.45, 7) is 16.5. The minimum atomic E-state index is -2.89. The molecule has 6 aliphatic rings. The highest BCUT2D eigenvalue weighted by atomic mass is 19.3. The van der Waals surface area contributed by atoms with Gasteiger partial charge in [0.25, 0.3) is 5.92 Å². The molecule has 0 radical (unpaired) electrons. The number of halogens is 2. The average Bonchev–Trinajstić information content (AvgIpc) is 3.47. The van der Waals surface area contributed by atoms with E-state index in [2.05, 4.69) is 20.8 Å². The summed E-state index contributed by atoms with van der Waals surface area (Å²) in [5.74, 6) is -4.01. The number of fused-ring (bicyclic) bond motifs is 2. The maximum absolute atomic E-state index is 15.9. The van der Waals surface area contributed by atoms with Gasteiger partial charge in [-0.25, -0.2) is 13.6 Å². The van der Waals surface area contributed by atoms with E-state index in [4.69, 9.17) is 38.3 Å². The van der Waals surface area contributed by atoms with E-state index in [0.717, 1.165) is 32.1 Å². The second-order valence-electron chi connectivity index (χ2n) is 19.6. The van der Waals surface area contributed by atoms with Gasteiger partial charge < -0.3 is 48.5 Å². The largest absolute Gasteiger partial charge is 0.460 e. The first-order valence-corrected chi connectivity index (χ1v) is 20.9. The molecule has 0 bridgehead atoms. The SMILES string of the molecule is CC(C)(O)[C@@H]1CC[C@@](C)([C@H]2[C@@H](O)C[C@@]3(C)[C@@H]4C[C@H](OC(=O)COCCOCCOCCOCCOCCO)[C@H]5C(C)(C)C(F)(F)CC[C@@]56C[C@@]46CC[C@]23C)O1. The molecule has 3 N–H and O–H groups in total. The smallest absolute Gasteiger partial charge is 0.332 e. The quantitative estimate of drug-likeness (QED) is 0.115. The predicted molar refractivity (Wildman–Crippen MR) is 198 cm³/mol. The van der Waals surface area contributed by atoms with E-state index in [1.165, 1.54) is 0 Å². The molecule has 5 saturated carbocycles. The maximum Gasteiger partial charge on any atom is 0.332 e. The Hall–Kier alpha value is -1.03. The molecule has 11 atom stereocenters. The van der Waals surface area contributed by atoms with Crippen molar-refractivity contribution in [3.63, 3.8) is 0 Å². The summed E-state index contributed by atoms with van der Waals surface area (Å²) >= 11 is 0.